The van der Waals surface area contributed by atoms with Gasteiger partial charge in [-0.1, -0.05) is 25.6 Å². The molecule has 0 spiro atoms. The number of nitrogens with one attached hydrogen (secondary N) is 1. The Balaban J connectivity index is 2.03. The minimum Gasteiger partial charge on any atom is -0.349 e. The molecular weight excluding hydrogens is 354 g/mol. The van der Waals surface area contributed by atoms with Crippen molar-refractivity contribution >= 4 is 21.8 Å². The molecule has 26 heavy (non-hydrogen) atoms. The standard InChI is InChI=1S/C18H25N3O4S/c1-3-16(14-6-5-7-15(12-14)26(19,24)25)20-18(23)13-8-10-21(11-9-13)17(22)4-2/h4-7,12-13,16H,2-3,8-11H2,1H3,(H,20,23)(H2,19,24,25). The number of piperidine rings is 1. The van der Waals surface area contributed by atoms with Gasteiger partial charge in [0, 0.05) is 19.0 Å². The molecular formula is C18H25N3O4S. The van der Waals surface area contributed by atoms with Crippen LogP contribution in [0.2, 0.25) is 0 Å². The number of nitrogens with zero attached hydrogens (tertiary/aromatic N) is 1. The lowest BCUT2D eigenvalue weighted by Gasteiger charge is -2.31. The van der Waals surface area contributed by atoms with Crippen LogP contribution in [0.1, 0.15) is 37.8 Å². The maximum absolute atomic E-state index is 12.6. The Morgan fingerprint density at radius 3 is 2.58 bits per heavy atom. The average molecular weight is 379 g/mol. The number of sulfonamides is 1. The number of carbonyl (C=O) groups is 2. The Labute approximate surface area is 154 Å². The number of likely N-dealkylation sites (tertiary alicyclic amines) is 1. The van der Waals surface area contributed by atoms with E-state index < -0.39 is 10.0 Å². The van der Waals surface area contributed by atoms with E-state index in [2.05, 4.69) is 11.9 Å². The number of hydrogen-bond donors (Lipinski definition) is 2. The zero-order valence-corrected chi connectivity index (χ0v) is 15.7. The first-order chi connectivity index (χ1) is 12.3. The molecule has 0 aliphatic carbocycles. The lowest BCUT2D eigenvalue weighted by Crippen LogP contribution is -2.43. The number of carbonyl (C=O) groups excluding carboxylic acids is 2. The lowest BCUT2D eigenvalue weighted by molar-refractivity contribution is -0.132. The van der Waals surface area contributed by atoms with Gasteiger partial charge in [-0.25, -0.2) is 13.6 Å². The van der Waals surface area contributed by atoms with Crippen molar-refractivity contribution in [1.29, 1.82) is 0 Å². The molecule has 2 amide bonds. The molecule has 0 bridgehead atoms. The van der Waals surface area contributed by atoms with Crippen LogP contribution in [0.25, 0.3) is 0 Å². The highest BCUT2D eigenvalue weighted by Crippen LogP contribution is 2.23. The maximum Gasteiger partial charge on any atom is 0.245 e. The van der Waals surface area contributed by atoms with E-state index in [1.807, 2.05) is 6.92 Å². The number of benzene rings is 1. The van der Waals surface area contributed by atoms with Crippen molar-refractivity contribution in [3.05, 3.63) is 42.5 Å². The fourth-order valence-electron chi connectivity index (χ4n) is 3.11. The van der Waals surface area contributed by atoms with E-state index in [-0.39, 0.29) is 28.7 Å². The Morgan fingerprint density at radius 2 is 2.04 bits per heavy atom. The second-order valence-corrected chi connectivity index (χ2v) is 7.95. The molecule has 1 atom stereocenters. The number of primary sulfonamides is 1. The predicted octanol–water partition coefficient (Wildman–Crippen LogP) is 1.33. The topological polar surface area (TPSA) is 110 Å². The van der Waals surface area contributed by atoms with Crippen LogP contribution in [0.5, 0.6) is 0 Å². The first kappa shape index (κ1) is 20.1. The SMILES string of the molecule is C=CC(=O)N1CCC(C(=O)NC(CC)c2cccc(S(N)(=O)=O)c2)CC1. The van der Waals surface area contributed by atoms with Gasteiger partial charge in [0.25, 0.3) is 0 Å². The molecule has 1 unspecified atom stereocenters. The molecule has 1 saturated heterocycles. The van der Waals surface area contributed by atoms with Crippen molar-refractivity contribution < 1.29 is 18.0 Å². The van der Waals surface area contributed by atoms with Gasteiger partial charge < -0.3 is 10.2 Å². The summed E-state index contributed by atoms with van der Waals surface area (Å²) in [6, 6.07) is 6.02. The zero-order valence-electron chi connectivity index (χ0n) is 14.8. The van der Waals surface area contributed by atoms with Crippen LogP contribution in [-0.4, -0.2) is 38.2 Å². The van der Waals surface area contributed by atoms with Crippen molar-refractivity contribution in [2.45, 2.75) is 37.1 Å². The van der Waals surface area contributed by atoms with Crippen molar-refractivity contribution in [2.75, 3.05) is 13.1 Å². The van der Waals surface area contributed by atoms with Crippen LogP contribution >= 0.6 is 0 Å². The number of nitrogens with two attached hydrogens (primary N) is 1. The molecule has 0 aromatic heterocycles. The van der Waals surface area contributed by atoms with Gasteiger partial charge >= 0.3 is 0 Å². The van der Waals surface area contributed by atoms with E-state index in [4.69, 9.17) is 5.14 Å². The zero-order chi connectivity index (χ0) is 19.3. The molecule has 142 valence electrons. The van der Waals surface area contributed by atoms with Gasteiger partial charge in [0.05, 0.1) is 10.9 Å². The van der Waals surface area contributed by atoms with E-state index in [1.165, 1.54) is 18.2 Å². The molecule has 8 heteroatoms. The van der Waals surface area contributed by atoms with Crippen molar-refractivity contribution in [3.8, 4) is 0 Å². The third-order valence-electron chi connectivity index (χ3n) is 4.67. The monoisotopic (exact) mass is 379 g/mol. The molecule has 0 saturated carbocycles. The van der Waals surface area contributed by atoms with Gasteiger partial charge in [0.1, 0.15) is 0 Å². The summed E-state index contributed by atoms with van der Waals surface area (Å²) in [5.41, 5.74) is 0.701. The summed E-state index contributed by atoms with van der Waals surface area (Å²) in [5, 5.41) is 8.17. The molecule has 1 aliphatic rings. The fraction of sp³-hybridized carbons (Fsp3) is 0.444. The molecule has 1 aromatic carbocycles. The summed E-state index contributed by atoms with van der Waals surface area (Å²) < 4.78 is 23.1. The second-order valence-electron chi connectivity index (χ2n) is 6.39. The van der Waals surface area contributed by atoms with Crippen LogP contribution in [0.15, 0.2) is 41.8 Å². The molecule has 1 fully saturated rings. The van der Waals surface area contributed by atoms with Crippen molar-refractivity contribution in [1.82, 2.24) is 10.2 Å². The molecule has 1 heterocycles. The summed E-state index contributed by atoms with van der Waals surface area (Å²) in [6.07, 6.45) is 3.09. The van der Waals surface area contributed by atoms with E-state index in [9.17, 15) is 18.0 Å². The van der Waals surface area contributed by atoms with Crippen LogP contribution < -0.4 is 10.5 Å². The van der Waals surface area contributed by atoms with Gasteiger partial charge in [-0.05, 0) is 43.0 Å². The first-order valence-electron chi connectivity index (χ1n) is 8.60. The normalized spacial score (nSPS) is 16.8. The van der Waals surface area contributed by atoms with Gasteiger partial charge in [-0.15, -0.1) is 0 Å². The Morgan fingerprint density at radius 1 is 1.38 bits per heavy atom. The quantitative estimate of drug-likeness (QED) is 0.727. The summed E-state index contributed by atoms with van der Waals surface area (Å²) in [7, 11) is -3.79. The molecule has 1 aromatic rings. The highest BCUT2D eigenvalue weighted by atomic mass is 32.2. The first-order valence-corrected chi connectivity index (χ1v) is 10.1. The molecule has 3 N–H and O–H groups in total. The third-order valence-corrected chi connectivity index (χ3v) is 5.58. The number of amides is 2. The highest BCUT2D eigenvalue weighted by molar-refractivity contribution is 7.89. The summed E-state index contributed by atoms with van der Waals surface area (Å²) in [6.45, 7) is 6.45. The van der Waals surface area contributed by atoms with Crippen LogP contribution in [0.4, 0.5) is 0 Å². The molecule has 1 aliphatic heterocycles. The maximum atomic E-state index is 12.6. The number of hydrogen-bond acceptors (Lipinski definition) is 4. The molecule has 0 radical (unpaired) electrons. The van der Waals surface area contributed by atoms with Crippen LogP contribution in [0, 0.1) is 5.92 Å². The summed E-state index contributed by atoms with van der Waals surface area (Å²) in [5.74, 6) is -0.363. The second kappa shape index (κ2) is 8.46. The fourth-order valence-corrected chi connectivity index (χ4v) is 3.68. The average Bonchev–Trinajstić information content (AvgIpc) is 2.64. The van der Waals surface area contributed by atoms with E-state index >= 15 is 0 Å². The van der Waals surface area contributed by atoms with Gasteiger partial charge in [-0.2, -0.15) is 0 Å². The Kier molecular flexibility index (Phi) is 6.55. The van der Waals surface area contributed by atoms with Crippen LogP contribution in [-0.2, 0) is 19.6 Å². The minimum atomic E-state index is -3.79. The van der Waals surface area contributed by atoms with Crippen LogP contribution in [0.3, 0.4) is 0 Å². The van der Waals surface area contributed by atoms with E-state index in [0.717, 1.165) is 0 Å². The number of rotatable bonds is 6. The Bertz CT molecular complexity index is 783. The molecule has 7 nitrogen and oxygen atoms in total. The summed E-state index contributed by atoms with van der Waals surface area (Å²) in [4.78, 5) is 25.9. The largest absolute Gasteiger partial charge is 0.349 e. The van der Waals surface area contributed by atoms with Crippen molar-refractivity contribution in [2.24, 2.45) is 11.1 Å². The third kappa shape index (κ3) is 4.92. The Hall–Kier alpha value is -2.19. The minimum absolute atomic E-state index is 0.0268. The van der Waals surface area contributed by atoms with Crippen molar-refractivity contribution in [3.63, 3.8) is 0 Å². The highest BCUT2D eigenvalue weighted by Gasteiger charge is 2.28. The smallest absolute Gasteiger partial charge is 0.245 e. The van der Waals surface area contributed by atoms with Gasteiger partial charge in [-0.3, -0.25) is 9.59 Å². The summed E-state index contributed by atoms with van der Waals surface area (Å²) >= 11 is 0. The lowest BCUT2D eigenvalue weighted by atomic mass is 9.94. The van der Waals surface area contributed by atoms with Gasteiger partial charge in [0.15, 0.2) is 0 Å². The van der Waals surface area contributed by atoms with E-state index in [1.54, 1.807) is 17.0 Å². The van der Waals surface area contributed by atoms with Gasteiger partial charge in [0.2, 0.25) is 21.8 Å². The predicted molar refractivity (Wildman–Crippen MR) is 98.5 cm³/mol. The molecule has 2 rings (SSSR count). The van der Waals surface area contributed by atoms with E-state index in [0.29, 0.717) is 37.9 Å².